The second-order valence-corrected chi connectivity index (χ2v) is 4.66. The van der Waals surface area contributed by atoms with Gasteiger partial charge >= 0.3 is 0 Å². The molecule has 1 aliphatic rings. The molecule has 3 nitrogen and oxygen atoms in total. The fourth-order valence-corrected chi connectivity index (χ4v) is 2.12. The lowest BCUT2D eigenvalue weighted by molar-refractivity contribution is -0.120. The summed E-state index contributed by atoms with van der Waals surface area (Å²) in [6.45, 7) is 10.5. The van der Waals surface area contributed by atoms with Gasteiger partial charge in [0, 0.05) is 32.1 Å². The van der Waals surface area contributed by atoms with Crippen molar-refractivity contribution in [3.63, 3.8) is 0 Å². The maximum atomic E-state index is 10.9. The van der Waals surface area contributed by atoms with Crippen LogP contribution in [0.4, 0.5) is 0 Å². The van der Waals surface area contributed by atoms with Crippen LogP contribution in [-0.4, -0.2) is 36.0 Å². The standard InChI is InChI=1S/C11H22N2O/c1-8(2)13-6-5-11(9(3)7-13)12-10(4)14/h8-9,11H,5-7H2,1-4H3,(H,12,14)/t9-,11+/m0/s1. The van der Waals surface area contributed by atoms with Gasteiger partial charge in [0.2, 0.25) is 5.91 Å². The van der Waals surface area contributed by atoms with Crippen LogP contribution in [0, 0.1) is 5.92 Å². The third kappa shape index (κ3) is 2.98. The van der Waals surface area contributed by atoms with E-state index in [0.717, 1.165) is 19.5 Å². The zero-order chi connectivity index (χ0) is 10.7. The Balaban J connectivity index is 2.43. The number of amides is 1. The summed E-state index contributed by atoms with van der Waals surface area (Å²) < 4.78 is 0. The van der Waals surface area contributed by atoms with E-state index in [9.17, 15) is 4.79 Å². The summed E-state index contributed by atoms with van der Waals surface area (Å²) in [5, 5.41) is 3.03. The topological polar surface area (TPSA) is 32.3 Å². The van der Waals surface area contributed by atoms with Crippen LogP contribution in [0.1, 0.15) is 34.1 Å². The van der Waals surface area contributed by atoms with E-state index in [-0.39, 0.29) is 5.91 Å². The molecule has 0 bridgehead atoms. The maximum absolute atomic E-state index is 10.9. The fourth-order valence-electron chi connectivity index (χ4n) is 2.12. The van der Waals surface area contributed by atoms with E-state index in [1.165, 1.54) is 0 Å². The largest absolute Gasteiger partial charge is 0.353 e. The average molecular weight is 198 g/mol. The van der Waals surface area contributed by atoms with E-state index in [1.54, 1.807) is 6.92 Å². The lowest BCUT2D eigenvalue weighted by Gasteiger charge is -2.39. The van der Waals surface area contributed by atoms with E-state index in [0.29, 0.717) is 18.0 Å². The van der Waals surface area contributed by atoms with Crippen molar-refractivity contribution in [1.29, 1.82) is 0 Å². The molecule has 3 heteroatoms. The van der Waals surface area contributed by atoms with E-state index >= 15 is 0 Å². The van der Waals surface area contributed by atoms with Crippen molar-refractivity contribution in [2.24, 2.45) is 5.92 Å². The third-order valence-corrected chi connectivity index (χ3v) is 3.06. The molecule has 0 unspecified atom stereocenters. The summed E-state index contributed by atoms with van der Waals surface area (Å²) in [7, 11) is 0. The highest BCUT2D eigenvalue weighted by Gasteiger charge is 2.27. The van der Waals surface area contributed by atoms with Crippen LogP contribution in [0.2, 0.25) is 0 Å². The predicted molar refractivity (Wildman–Crippen MR) is 58.1 cm³/mol. The number of carbonyl (C=O) groups excluding carboxylic acids is 1. The Kier molecular flexibility index (Phi) is 3.93. The second kappa shape index (κ2) is 4.78. The monoisotopic (exact) mass is 198 g/mol. The van der Waals surface area contributed by atoms with Crippen LogP contribution in [-0.2, 0) is 4.79 Å². The minimum absolute atomic E-state index is 0.0971. The summed E-state index contributed by atoms with van der Waals surface area (Å²) in [6, 6.07) is 0.998. The lowest BCUT2D eigenvalue weighted by atomic mass is 9.93. The van der Waals surface area contributed by atoms with Gasteiger partial charge < -0.3 is 10.2 Å². The highest BCUT2D eigenvalue weighted by molar-refractivity contribution is 5.73. The van der Waals surface area contributed by atoms with Crippen LogP contribution in [0.5, 0.6) is 0 Å². The Morgan fingerprint density at radius 1 is 1.50 bits per heavy atom. The highest BCUT2D eigenvalue weighted by atomic mass is 16.1. The molecule has 1 aliphatic heterocycles. The first-order valence-electron chi connectivity index (χ1n) is 5.52. The normalized spacial score (nSPS) is 29.2. The average Bonchev–Trinajstić information content (AvgIpc) is 2.07. The van der Waals surface area contributed by atoms with Gasteiger partial charge in [0.05, 0.1) is 0 Å². The number of nitrogens with one attached hydrogen (secondary N) is 1. The minimum atomic E-state index is 0.0971. The van der Waals surface area contributed by atoms with Gasteiger partial charge in [-0.15, -0.1) is 0 Å². The Morgan fingerprint density at radius 2 is 2.14 bits per heavy atom. The number of hydrogen-bond donors (Lipinski definition) is 1. The molecule has 1 fully saturated rings. The third-order valence-electron chi connectivity index (χ3n) is 3.06. The lowest BCUT2D eigenvalue weighted by Crippen LogP contribution is -2.51. The number of nitrogens with zero attached hydrogens (tertiary/aromatic N) is 1. The molecule has 0 radical (unpaired) electrons. The first-order chi connectivity index (χ1) is 6.50. The Morgan fingerprint density at radius 3 is 2.57 bits per heavy atom. The van der Waals surface area contributed by atoms with Crippen LogP contribution in [0.3, 0.4) is 0 Å². The van der Waals surface area contributed by atoms with E-state index < -0.39 is 0 Å². The molecule has 82 valence electrons. The first kappa shape index (κ1) is 11.5. The highest BCUT2D eigenvalue weighted by Crippen LogP contribution is 2.18. The number of hydrogen-bond acceptors (Lipinski definition) is 2. The number of rotatable bonds is 2. The zero-order valence-corrected chi connectivity index (χ0v) is 9.71. The van der Waals surface area contributed by atoms with Crippen LogP contribution in [0.15, 0.2) is 0 Å². The zero-order valence-electron chi connectivity index (χ0n) is 9.71. The number of likely N-dealkylation sites (tertiary alicyclic amines) is 1. The summed E-state index contributed by atoms with van der Waals surface area (Å²) in [4.78, 5) is 13.4. The summed E-state index contributed by atoms with van der Waals surface area (Å²) >= 11 is 0. The molecule has 0 saturated carbocycles. The van der Waals surface area contributed by atoms with Crippen LogP contribution >= 0.6 is 0 Å². The van der Waals surface area contributed by atoms with Gasteiger partial charge in [-0.1, -0.05) is 6.92 Å². The molecule has 0 aliphatic carbocycles. The first-order valence-corrected chi connectivity index (χ1v) is 5.52. The molecule has 1 heterocycles. The Labute approximate surface area is 86.9 Å². The fraction of sp³-hybridized carbons (Fsp3) is 0.909. The van der Waals surface area contributed by atoms with Gasteiger partial charge in [0.25, 0.3) is 0 Å². The molecule has 0 aromatic carbocycles. The molecule has 1 amide bonds. The summed E-state index contributed by atoms with van der Waals surface area (Å²) in [5.41, 5.74) is 0. The van der Waals surface area contributed by atoms with Gasteiger partial charge in [-0.25, -0.2) is 0 Å². The summed E-state index contributed by atoms with van der Waals surface area (Å²) in [6.07, 6.45) is 1.08. The summed E-state index contributed by atoms with van der Waals surface area (Å²) in [5.74, 6) is 0.662. The molecule has 0 spiro atoms. The van der Waals surface area contributed by atoms with Crippen molar-refractivity contribution in [3.05, 3.63) is 0 Å². The number of carbonyl (C=O) groups is 1. The molecule has 1 rings (SSSR count). The maximum Gasteiger partial charge on any atom is 0.217 e. The number of piperidine rings is 1. The van der Waals surface area contributed by atoms with E-state index in [1.807, 2.05) is 0 Å². The molecule has 1 saturated heterocycles. The Bertz CT molecular complexity index is 203. The Hall–Kier alpha value is -0.570. The molecule has 0 aromatic rings. The molecular formula is C11H22N2O. The van der Waals surface area contributed by atoms with Gasteiger partial charge in [0.1, 0.15) is 0 Å². The smallest absolute Gasteiger partial charge is 0.217 e. The van der Waals surface area contributed by atoms with Gasteiger partial charge in [-0.3, -0.25) is 4.79 Å². The van der Waals surface area contributed by atoms with Crippen molar-refractivity contribution in [2.75, 3.05) is 13.1 Å². The second-order valence-electron chi connectivity index (χ2n) is 4.66. The van der Waals surface area contributed by atoms with Crippen LogP contribution < -0.4 is 5.32 Å². The van der Waals surface area contributed by atoms with Crippen molar-refractivity contribution >= 4 is 5.91 Å². The molecule has 0 aromatic heterocycles. The molecular weight excluding hydrogens is 176 g/mol. The van der Waals surface area contributed by atoms with Crippen molar-refractivity contribution in [2.45, 2.75) is 46.2 Å². The SMILES string of the molecule is CC(=O)N[C@@H]1CCN(C(C)C)C[C@@H]1C. The molecule has 1 N–H and O–H groups in total. The van der Waals surface area contributed by atoms with E-state index in [4.69, 9.17) is 0 Å². The van der Waals surface area contributed by atoms with Crippen molar-refractivity contribution in [3.8, 4) is 0 Å². The minimum Gasteiger partial charge on any atom is -0.353 e. The quantitative estimate of drug-likeness (QED) is 0.724. The van der Waals surface area contributed by atoms with Crippen molar-refractivity contribution < 1.29 is 4.79 Å². The van der Waals surface area contributed by atoms with Gasteiger partial charge in [0.15, 0.2) is 0 Å². The van der Waals surface area contributed by atoms with Crippen molar-refractivity contribution in [1.82, 2.24) is 10.2 Å². The van der Waals surface area contributed by atoms with Crippen LogP contribution in [0.25, 0.3) is 0 Å². The predicted octanol–water partition coefficient (Wildman–Crippen LogP) is 1.24. The van der Waals surface area contributed by atoms with Gasteiger partial charge in [-0.2, -0.15) is 0 Å². The van der Waals surface area contributed by atoms with E-state index in [2.05, 4.69) is 31.0 Å². The van der Waals surface area contributed by atoms with Gasteiger partial charge in [-0.05, 0) is 26.2 Å². The molecule has 14 heavy (non-hydrogen) atoms. The molecule has 2 atom stereocenters.